The topological polar surface area (TPSA) is 56.6 Å². The highest BCUT2D eigenvalue weighted by Crippen LogP contribution is 2.26. The maximum Gasteiger partial charge on any atom is 0.410 e. The Hall–Kier alpha value is -1.24. The summed E-state index contributed by atoms with van der Waals surface area (Å²) < 4.78 is 13.7. The van der Waals surface area contributed by atoms with Gasteiger partial charge in [-0.1, -0.05) is 0 Å². The number of rotatable bonds is 3. The Labute approximate surface area is 133 Å². The molecule has 7 heteroatoms. The molecule has 0 aromatic carbocycles. The molecule has 0 bridgehead atoms. The standard InChI is InChI=1S/C14H22BrN3O3/c1-14(2,3)21-13(19)18-7-5-6-10(18)9-20-11-8-16-17(4)12(11)15/h8,10H,5-7,9H2,1-4H3. The van der Waals surface area contributed by atoms with Crippen LogP contribution < -0.4 is 4.74 Å². The van der Waals surface area contributed by atoms with E-state index in [1.165, 1.54) is 0 Å². The molecule has 118 valence electrons. The number of amides is 1. The summed E-state index contributed by atoms with van der Waals surface area (Å²) in [6.07, 6.45) is 3.30. The van der Waals surface area contributed by atoms with Crippen LogP contribution in [0.2, 0.25) is 0 Å². The zero-order valence-corrected chi connectivity index (χ0v) is 14.5. The van der Waals surface area contributed by atoms with Crippen LogP contribution >= 0.6 is 15.9 Å². The Balaban J connectivity index is 1.93. The monoisotopic (exact) mass is 359 g/mol. The molecule has 1 aromatic heterocycles. The normalized spacial score (nSPS) is 18.9. The Kier molecular flexibility index (Phi) is 4.81. The zero-order chi connectivity index (χ0) is 15.6. The summed E-state index contributed by atoms with van der Waals surface area (Å²) in [6.45, 7) is 6.79. The lowest BCUT2D eigenvalue weighted by Crippen LogP contribution is -2.42. The summed E-state index contributed by atoms with van der Waals surface area (Å²) in [5.74, 6) is 0.688. The highest BCUT2D eigenvalue weighted by Gasteiger charge is 2.32. The molecule has 1 atom stereocenters. The van der Waals surface area contributed by atoms with E-state index in [2.05, 4.69) is 21.0 Å². The van der Waals surface area contributed by atoms with Crippen molar-refractivity contribution in [3.05, 3.63) is 10.8 Å². The molecule has 1 amide bonds. The van der Waals surface area contributed by atoms with Gasteiger partial charge in [-0.25, -0.2) is 4.79 Å². The van der Waals surface area contributed by atoms with Gasteiger partial charge in [-0.15, -0.1) is 0 Å². The SMILES string of the molecule is Cn1ncc(OCC2CCCN2C(=O)OC(C)(C)C)c1Br. The quantitative estimate of drug-likeness (QED) is 0.832. The minimum atomic E-state index is -0.475. The molecule has 21 heavy (non-hydrogen) atoms. The van der Waals surface area contributed by atoms with Crippen LogP contribution in [0.1, 0.15) is 33.6 Å². The van der Waals surface area contributed by atoms with Crippen molar-refractivity contribution in [2.24, 2.45) is 7.05 Å². The Bertz CT molecular complexity index is 510. The zero-order valence-electron chi connectivity index (χ0n) is 12.9. The van der Waals surface area contributed by atoms with Gasteiger partial charge in [-0.05, 0) is 49.5 Å². The number of halogens is 1. The fourth-order valence-electron chi connectivity index (χ4n) is 2.26. The van der Waals surface area contributed by atoms with Gasteiger partial charge < -0.3 is 14.4 Å². The highest BCUT2D eigenvalue weighted by molar-refractivity contribution is 9.10. The molecule has 6 nitrogen and oxygen atoms in total. The lowest BCUT2D eigenvalue weighted by molar-refractivity contribution is 0.0187. The largest absolute Gasteiger partial charge is 0.487 e. The van der Waals surface area contributed by atoms with Crippen LogP contribution in [-0.4, -0.2) is 45.6 Å². The summed E-state index contributed by atoms with van der Waals surface area (Å²) in [6, 6.07) is 0.0481. The number of hydrogen-bond acceptors (Lipinski definition) is 4. The number of ether oxygens (including phenoxy) is 2. The van der Waals surface area contributed by atoms with Crippen molar-refractivity contribution in [2.75, 3.05) is 13.2 Å². The first kappa shape index (κ1) is 16.1. The van der Waals surface area contributed by atoms with E-state index in [1.54, 1.807) is 15.8 Å². The van der Waals surface area contributed by atoms with Crippen molar-refractivity contribution < 1.29 is 14.3 Å². The summed E-state index contributed by atoms with van der Waals surface area (Å²) in [7, 11) is 1.83. The lowest BCUT2D eigenvalue weighted by atomic mass is 10.2. The highest BCUT2D eigenvalue weighted by atomic mass is 79.9. The van der Waals surface area contributed by atoms with Gasteiger partial charge in [-0.3, -0.25) is 4.68 Å². The third-order valence-electron chi connectivity index (χ3n) is 3.27. The molecule has 0 aliphatic carbocycles. The predicted octanol–water partition coefficient (Wildman–Crippen LogP) is 2.96. The number of carbonyl (C=O) groups excluding carboxylic acids is 1. The molecule has 2 rings (SSSR count). The van der Waals surface area contributed by atoms with Crippen molar-refractivity contribution in [1.29, 1.82) is 0 Å². The molecule has 0 saturated carbocycles. The van der Waals surface area contributed by atoms with Crippen LogP contribution in [0.15, 0.2) is 10.8 Å². The number of nitrogens with zero attached hydrogens (tertiary/aromatic N) is 3. The van der Waals surface area contributed by atoms with Gasteiger partial charge in [0.2, 0.25) is 0 Å². The predicted molar refractivity (Wildman–Crippen MR) is 82.4 cm³/mol. The van der Waals surface area contributed by atoms with E-state index in [0.717, 1.165) is 24.0 Å². The molecular formula is C14H22BrN3O3. The number of likely N-dealkylation sites (tertiary alicyclic amines) is 1. The van der Waals surface area contributed by atoms with Crippen LogP contribution in [0.4, 0.5) is 4.79 Å². The average molecular weight is 360 g/mol. The maximum atomic E-state index is 12.2. The third-order valence-corrected chi connectivity index (χ3v) is 4.18. The van der Waals surface area contributed by atoms with Crippen LogP contribution in [0.25, 0.3) is 0 Å². The molecule has 1 aliphatic rings. The van der Waals surface area contributed by atoms with Crippen molar-refractivity contribution in [1.82, 2.24) is 14.7 Å². The van der Waals surface area contributed by atoms with Crippen LogP contribution in [0.3, 0.4) is 0 Å². The number of carbonyl (C=O) groups is 1. The first-order valence-electron chi connectivity index (χ1n) is 7.08. The molecule has 0 N–H and O–H groups in total. The van der Waals surface area contributed by atoms with Crippen LogP contribution in [0.5, 0.6) is 5.75 Å². The molecule has 1 saturated heterocycles. The Morgan fingerprint density at radius 2 is 2.24 bits per heavy atom. The van der Waals surface area contributed by atoms with Gasteiger partial charge in [0.25, 0.3) is 0 Å². The van der Waals surface area contributed by atoms with E-state index in [9.17, 15) is 4.79 Å². The summed E-state index contributed by atoms with van der Waals surface area (Å²) in [5, 5.41) is 4.10. The third kappa shape index (κ3) is 4.12. The minimum absolute atomic E-state index is 0.0481. The second-order valence-corrected chi connectivity index (χ2v) is 6.96. The molecule has 0 radical (unpaired) electrons. The smallest absolute Gasteiger partial charge is 0.410 e. The number of aromatic nitrogens is 2. The molecule has 1 fully saturated rings. The molecule has 1 unspecified atom stereocenters. The average Bonchev–Trinajstić information content (AvgIpc) is 2.94. The second kappa shape index (κ2) is 6.25. The first-order chi connectivity index (χ1) is 9.78. The fourth-order valence-corrected chi connectivity index (χ4v) is 2.56. The molecular weight excluding hydrogens is 338 g/mol. The van der Waals surface area contributed by atoms with Crippen LogP contribution in [0, 0.1) is 0 Å². The van der Waals surface area contributed by atoms with Crippen molar-refractivity contribution in [3.63, 3.8) is 0 Å². The number of aryl methyl sites for hydroxylation is 1. The fraction of sp³-hybridized carbons (Fsp3) is 0.714. The van der Waals surface area contributed by atoms with Gasteiger partial charge in [-0.2, -0.15) is 5.10 Å². The van der Waals surface area contributed by atoms with Gasteiger partial charge >= 0.3 is 6.09 Å². The van der Waals surface area contributed by atoms with Gasteiger partial charge in [0.1, 0.15) is 16.8 Å². The summed E-state index contributed by atoms with van der Waals surface area (Å²) in [4.78, 5) is 13.9. The van der Waals surface area contributed by atoms with E-state index < -0.39 is 5.60 Å². The van der Waals surface area contributed by atoms with Crippen LogP contribution in [-0.2, 0) is 11.8 Å². The van der Waals surface area contributed by atoms with E-state index in [0.29, 0.717) is 12.4 Å². The summed E-state index contributed by atoms with van der Waals surface area (Å²) >= 11 is 3.41. The molecule has 1 aliphatic heterocycles. The van der Waals surface area contributed by atoms with Gasteiger partial charge in [0.15, 0.2) is 5.75 Å². The van der Waals surface area contributed by atoms with E-state index in [4.69, 9.17) is 9.47 Å². The second-order valence-electron chi connectivity index (χ2n) is 6.20. The lowest BCUT2D eigenvalue weighted by Gasteiger charge is -2.28. The van der Waals surface area contributed by atoms with Crippen molar-refractivity contribution in [3.8, 4) is 5.75 Å². The van der Waals surface area contributed by atoms with E-state index >= 15 is 0 Å². The van der Waals surface area contributed by atoms with Gasteiger partial charge in [0, 0.05) is 13.6 Å². The van der Waals surface area contributed by atoms with Crippen molar-refractivity contribution in [2.45, 2.75) is 45.3 Å². The van der Waals surface area contributed by atoms with Gasteiger partial charge in [0.05, 0.1) is 12.2 Å². The Morgan fingerprint density at radius 1 is 1.52 bits per heavy atom. The van der Waals surface area contributed by atoms with Crippen molar-refractivity contribution >= 4 is 22.0 Å². The minimum Gasteiger partial charge on any atom is -0.487 e. The van der Waals surface area contributed by atoms with E-state index in [-0.39, 0.29) is 12.1 Å². The van der Waals surface area contributed by atoms with E-state index in [1.807, 2.05) is 27.8 Å². The Morgan fingerprint density at radius 3 is 2.81 bits per heavy atom. The first-order valence-corrected chi connectivity index (χ1v) is 7.87. The maximum absolute atomic E-state index is 12.2. The molecule has 0 spiro atoms. The number of hydrogen-bond donors (Lipinski definition) is 0. The summed E-state index contributed by atoms with van der Waals surface area (Å²) in [5.41, 5.74) is -0.475. The molecule has 2 heterocycles. The molecule has 1 aromatic rings.